The Morgan fingerprint density at radius 3 is 2.44 bits per heavy atom. The van der Waals surface area contributed by atoms with E-state index in [4.69, 9.17) is 4.74 Å². The molecular formula is C19H20N2O5S. The predicted molar refractivity (Wildman–Crippen MR) is 99.6 cm³/mol. The van der Waals surface area contributed by atoms with Crippen molar-refractivity contribution in [1.82, 2.24) is 4.31 Å². The van der Waals surface area contributed by atoms with Crippen LogP contribution in [0.25, 0.3) is 0 Å². The Balaban J connectivity index is 1.66. The summed E-state index contributed by atoms with van der Waals surface area (Å²) >= 11 is 0. The number of hydrogen-bond donors (Lipinski definition) is 0. The lowest BCUT2D eigenvalue weighted by atomic mass is 10.1. The van der Waals surface area contributed by atoms with Gasteiger partial charge < -0.3 is 4.74 Å². The number of nitrogens with zero attached hydrogens (tertiary/aromatic N) is 2. The highest BCUT2D eigenvalue weighted by Gasteiger charge is 2.30. The number of fused-ring (bicyclic) bond motifs is 1. The zero-order chi connectivity index (χ0) is 19.0. The standard InChI is InChI=1S/C19H20N2O5S/c22-21(23)18-13-17(27(24,25)20-10-1-2-11-20)8-9-19(18)26-16-7-6-14-4-3-5-15(14)12-16/h6-9,12-13H,1-5,10-11H2. The van der Waals surface area contributed by atoms with E-state index in [1.807, 2.05) is 12.1 Å². The minimum Gasteiger partial charge on any atom is -0.450 e. The number of hydrogen-bond acceptors (Lipinski definition) is 5. The van der Waals surface area contributed by atoms with Gasteiger partial charge in [-0.25, -0.2) is 8.42 Å². The quantitative estimate of drug-likeness (QED) is 0.576. The van der Waals surface area contributed by atoms with E-state index in [0.717, 1.165) is 38.2 Å². The Hall–Kier alpha value is -2.45. The van der Waals surface area contributed by atoms with Gasteiger partial charge in [-0.3, -0.25) is 10.1 Å². The molecule has 0 amide bonds. The number of rotatable bonds is 5. The van der Waals surface area contributed by atoms with E-state index in [-0.39, 0.29) is 16.3 Å². The number of ether oxygens (including phenoxy) is 1. The fraction of sp³-hybridized carbons (Fsp3) is 0.368. The first-order valence-corrected chi connectivity index (χ1v) is 10.5. The van der Waals surface area contributed by atoms with E-state index >= 15 is 0 Å². The molecule has 0 bridgehead atoms. The molecule has 7 nitrogen and oxygen atoms in total. The third-order valence-corrected chi connectivity index (χ3v) is 7.02. The average Bonchev–Trinajstić information content (AvgIpc) is 3.33. The number of nitro benzene ring substituents is 1. The summed E-state index contributed by atoms with van der Waals surface area (Å²) in [5, 5.41) is 11.5. The Morgan fingerprint density at radius 1 is 0.963 bits per heavy atom. The molecule has 27 heavy (non-hydrogen) atoms. The highest BCUT2D eigenvalue weighted by molar-refractivity contribution is 7.89. The van der Waals surface area contributed by atoms with Gasteiger partial charge in [0, 0.05) is 19.2 Å². The maximum Gasteiger partial charge on any atom is 0.312 e. The highest BCUT2D eigenvalue weighted by Crippen LogP contribution is 2.36. The second-order valence-electron chi connectivity index (χ2n) is 6.88. The average molecular weight is 388 g/mol. The maximum absolute atomic E-state index is 12.7. The van der Waals surface area contributed by atoms with Gasteiger partial charge in [0.1, 0.15) is 5.75 Å². The van der Waals surface area contributed by atoms with E-state index in [2.05, 4.69) is 0 Å². The van der Waals surface area contributed by atoms with Crippen molar-refractivity contribution >= 4 is 15.7 Å². The third kappa shape index (κ3) is 3.42. The lowest BCUT2D eigenvalue weighted by molar-refractivity contribution is -0.385. The van der Waals surface area contributed by atoms with Gasteiger partial charge in [0.25, 0.3) is 0 Å². The van der Waals surface area contributed by atoms with Crippen LogP contribution < -0.4 is 4.74 Å². The summed E-state index contributed by atoms with van der Waals surface area (Å²) < 4.78 is 32.4. The Labute approximate surface area is 157 Å². The molecule has 8 heteroatoms. The van der Waals surface area contributed by atoms with E-state index < -0.39 is 14.9 Å². The monoisotopic (exact) mass is 388 g/mol. The molecule has 0 N–H and O–H groups in total. The molecule has 0 saturated carbocycles. The molecule has 0 radical (unpaired) electrons. The zero-order valence-corrected chi connectivity index (χ0v) is 15.6. The molecule has 1 fully saturated rings. The molecule has 1 aliphatic carbocycles. The molecule has 0 spiro atoms. The fourth-order valence-electron chi connectivity index (χ4n) is 3.70. The molecule has 1 aliphatic heterocycles. The van der Waals surface area contributed by atoms with Crippen molar-refractivity contribution in [2.45, 2.75) is 37.0 Å². The number of benzene rings is 2. The summed E-state index contributed by atoms with van der Waals surface area (Å²) in [4.78, 5) is 10.8. The van der Waals surface area contributed by atoms with Crippen molar-refractivity contribution in [2.75, 3.05) is 13.1 Å². The van der Waals surface area contributed by atoms with Crippen molar-refractivity contribution in [3.8, 4) is 11.5 Å². The molecule has 1 heterocycles. The van der Waals surface area contributed by atoms with E-state index in [9.17, 15) is 18.5 Å². The molecular weight excluding hydrogens is 368 g/mol. The number of aryl methyl sites for hydroxylation is 2. The van der Waals surface area contributed by atoms with Gasteiger partial charge in [-0.1, -0.05) is 6.07 Å². The summed E-state index contributed by atoms with van der Waals surface area (Å²) in [5.41, 5.74) is 2.13. The topological polar surface area (TPSA) is 89.8 Å². The van der Waals surface area contributed by atoms with Crippen LogP contribution in [0.15, 0.2) is 41.3 Å². The van der Waals surface area contributed by atoms with Crippen LogP contribution in [0.4, 0.5) is 5.69 Å². The van der Waals surface area contributed by atoms with Crippen molar-refractivity contribution in [1.29, 1.82) is 0 Å². The van der Waals surface area contributed by atoms with Gasteiger partial charge in [-0.15, -0.1) is 0 Å². The molecule has 142 valence electrons. The third-order valence-electron chi connectivity index (χ3n) is 5.13. The molecule has 1 saturated heterocycles. The van der Waals surface area contributed by atoms with Gasteiger partial charge in [0.05, 0.1) is 9.82 Å². The fourth-order valence-corrected chi connectivity index (χ4v) is 5.24. The minimum atomic E-state index is -3.72. The Bertz CT molecular complexity index is 997. The second kappa shape index (κ2) is 6.94. The second-order valence-corrected chi connectivity index (χ2v) is 8.82. The van der Waals surface area contributed by atoms with Crippen LogP contribution in [0.5, 0.6) is 11.5 Å². The van der Waals surface area contributed by atoms with E-state index in [1.54, 1.807) is 6.07 Å². The van der Waals surface area contributed by atoms with Crippen LogP contribution in [-0.4, -0.2) is 30.7 Å². The SMILES string of the molecule is O=[N+]([O-])c1cc(S(=O)(=O)N2CCCC2)ccc1Oc1ccc2c(c1)CCC2. The lowest BCUT2D eigenvalue weighted by Crippen LogP contribution is -2.27. The molecule has 2 aromatic rings. The van der Waals surface area contributed by atoms with Crippen LogP contribution in [0.1, 0.15) is 30.4 Å². The Morgan fingerprint density at radius 2 is 1.70 bits per heavy atom. The summed E-state index contributed by atoms with van der Waals surface area (Å²) in [6.45, 7) is 0.896. The highest BCUT2D eigenvalue weighted by atomic mass is 32.2. The predicted octanol–water partition coefficient (Wildman–Crippen LogP) is 3.66. The zero-order valence-electron chi connectivity index (χ0n) is 14.8. The van der Waals surface area contributed by atoms with Crippen LogP contribution in [0, 0.1) is 10.1 Å². The Kier molecular flexibility index (Phi) is 4.61. The van der Waals surface area contributed by atoms with Crippen LogP contribution in [-0.2, 0) is 22.9 Å². The van der Waals surface area contributed by atoms with Crippen molar-refractivity contribution in [2.24, 2.45) is 0 Å². The van der Waals surface area contributed by atoms with Gasteiger partial charge in [0.2, 0.25) is 15.8 Å². The largest absolute Gasteiger partial charge is 0.450 e. The summed E-state index contributed by atoms with van der Waals surface area (Å²) in [6.07, 6.45) is 4.73. The maximum atomic E-state index is 12.7. The lowest BCUT2D eigenvalue weighted by Gasteiger charge is -2.16. The normalized spacial score (nSPS) is 17.0. The first-order chi connectivity index (χ1) is 12.9. The van der Waals surface area contributed by atoms with E-state index in [0.29, 0.717) is 18.8 Å². The van der Waals surface area contributed by atoms with Crippen LogP contribution in [0.3, 0.4) is 0 Å². The van der Waals surface area contributed by atoms with Gasteiger partial charge in [0.15, 0.2) is 0 Å². The van der Waals surface area contributed by atoms with Crippen LogP contribution >= 0.6 is 0 Å². The van der Waals surface area contributed by atoms with Gasteiger partial charge in [-0.05, 0) is 67.5 Å². The first-order valence-electron chi connectivity index (χ1n) is 9.03. The molecule has 0 unspecified atom stereocenters. The molecule has 0 aromatic heterocycles. The first kappa shape index (κ1) is 17.9. The molecule has 2 aromatic carbocycles. The van der Waals surface area contributed by atoms with Crippen molar-refractivity contribution in [3.63, 3.8) is 0 Å². The minimum absolute atomic E-state index is 0.0401. The number of sulfonamides is 1. The van der Waals surface area contributed by atoms with Crippen molar-refractivity contribution < 1.29 is 18.1 Å². The van der Waals surface area contributed by atoms with E-state index in [1.165, 1.54) is 27.6 Å². The van der Waals surface area contributed by atoms with Crippen LogP contribution in [0.2, 0.25) is 0 Å². The number of nitro groups is 1. The van der Waals surface area contributed by atoms with Crippen molar-refractivity contribution in [3.05, 3.63) is 57.6 Å². The molecule has 4 rings (SSSR count). The molecule has 0 atom stereocenters. The summed E-state index contributed by atoms with van der Waals surface area (Å²) in [7, 11) is -3.72. The smallest absolute Gasteiger partial charge is 0.312 e. The summed E-state index contributed by atoms with van der Waals surface area (Å²) in [6, 6.07) is 9.52. The molecule has 2 aliphatic rings. The van der Waals surface area contributed by atoms with Gasteiger partial charge in [-0.2, -0.15) is 4.31 Å². The summed E-state index contributed by atoms with van der Waals surface area (Å²) in [5.74, 6) is 0.562. The van der Waals surface area contributed by atoms with Gasteiger partial charge >= 0.3 is 5.69 Å².